The van der Waals surface area contributed by atoms with Crippen LogP contribution >= 0.6 is 0 Å². The summed E-state index contributed by atoms with van der Waals surface area (Å²) in [6.07, 6.45) is -0.220. The number of primary amides is 1. The Kier molecular flexibility index (Phi) is 5.38. The van der Waals surface area contributed by atoms with Crippen molar-refractivity contribution in [2.75, 3.05) is 13.1 Å². The summed E-state index contributed by atoms with van der Waals surface area (Å²) in [7, 11) is 0. The third-order valence-corrected chi connectivity index (χ3v) is 2.21. The van der Waals surface area contributed by atoms with Gasteiger partial charge in [-0.05, 0) is 19.3 Å². The molecule has 6 amide bonds. The van der Waals surface area contributed by atoms with Gasteiger partial charge in [0.2, 0.25) is 0 Å². The van der Waals surface area contributed by atoms with E-state index in [-0.39, 0.29) is 6.54 Å². The SMILES string of the molecule is NC(=O)NC(=O)OOC(=O)N1CCCCCNC1=O. The van der Waals surface area contributed by atoms with Crippen LogP contribution in [0.1, 0.15) is 19.3 Å². The van der Waals surface area contributed by atoms with E-state index in [1.165, 1.54) is 5.32 Å². The van der Waals surface area contributed by atoms with Gasteiger partial charge in [-0.2, -0.15) is 0 Å². The number of urea groups is 2. The summed E-state index contributed by atoms with van der Waals surface area (Å²) in [5.41, 5.74) is 4.64. The first-order chi connectivity index (χ1) is 9.00. The molecular weight excluding hydrogens is 260 g/mol. The van der Waals surface area contributed by atoms with Gasteiger partial charge in [0.1, 0.15) is 0 Å². The lowest BCUT2D eigenvalue weighted by molar-refractivity contribution is -0.184. The van der Waals surface area contributed by atoms with Gasteiger partial charge in [0.15, 0.2) is 0 Å². The monoisotopic (exact) mass is 274 g/mol. The van der Waals surface area contributed by atoms with Crippen molar-refractivity contribution in [2.45, 2.75) is 19.3 Å². The van der Waals surface area contributed by atoms with Gasteiger partial charge < -0.3 is 11.1 Å². The average Bonchev–Trinajstić information content (AvgIpc) is 2.30. The van der Waals surface area contributed by atoms with E-state index in [9.17, 15) is 19.2 Å². The molecule has 1 heterocycles. The molecule has 10 nitrogen and oxygen atoms in total. The third kappa shape index (κ3) is 5.10. The lowest BCUT2D eigenvalue weighted by atomic mass is 10.2. The molecule has 0 aromatic rings. The van der Waals surface area contributed by atoms with Gasteiger partial charge in [0.25, 0.3) is 0 Å². The number of nitrogens with one attached hydrogen (secondary N) is 2. The van der Waals surface area contributed by atoms with E-state index in [1.807, 2.05) is 0 Å². The molecule has 0 atom stereocenters. The summed E-state index contributed by atoms with van der Waals surface area (Å²) in [6, 6.07) is -1.80. The number of nitrogens with two attached hydrogens (primary N) is 1. The topological polar surface area (TPSA) is 140 Å². The summed E-state index contributed by atoms with van der Waals surface area (Å²) < 4.78 is 0. The third-order valence-electron chi connectivity index (χ3n) is 2.21. The van der Waals surface area contributed by atoms with Crippen LogP contribution in [0, 0.1) is 0 Å². The molecule has 4 N–H and O–H groups in total. The van der Waals surface area contributed by atoms with Crippen molar-refractivity contribution in [3.05, 3.63) is 0 Å². The van der Waals surface area contributed by atoms with E-state index in [4.69, 9.17) is 0 Å². The zero-order chi connectivity index (χ0) is 14.3. The van der Waals surface area contributed by atoms with Crippen molar-refractivity contribution in [3.8, 4) is 0 Å². The van der Waals surface area contributed by atoms with E-state index in [0.29, 0.717) is 13.0 Å². The summed E-state index contributed by atoms with van der Waals surface area (Å²) in [5, 5.41) is 4.01. The fourth-order valence-electron chi connectivity index (χ4n) is 1.38. The Morgan fingerprint density at radius 3 is 2.63 bits per heavy atom. The number of rotatable bonds is 0. The minimum absolute atomic E-state index is 0.144. The molecule has 0 aromatic heterocycles. The highest BCUT2D eigenvalue weighted by Gasteiger charge is 2.25. The minimum Gasteiger partial charge on any atom is -0.351 e. The van der Waals surface area contributed by atoms with Crippen molar-refractivity contribution in [2.24, 2.45) is 5.73 Å². The first-order valence-corrected chi connectivity index (χ1v) is 5.55. The maximum atomic E-state index is 11.5. The average molecular weight is 274 g/mol. The van der Waals surface area contributed by atoms with Crippen molar-refractivity contribution < 1.29 is 29.0 Å². The number of amides is 6. The van der Waals surface area contributed by atoms with Gasteiger partial charge in [-0.15, -0.1) is 0 Å². The number of hydrogen-bond donors (Lipinski definition) is 3. The van der Waals surface area contributed by atoms with E-state index in [1.54, 1.807) is 0 Å². The summed E-state index contributed by atoms with van der Waals surface area (Å²) >= 11 is 0. The van der Waals surface area contributed by atoms with E-state index in [2.05, 4.69) is 20.8 Å². The van der Waals surface area contributed by atoms with Crippen molar-refractivity contribution in [1.82, 2.24) is 15.5 Å². The first kappa shape index (κ1) is 14.5. The Morgan fingerprint density at radius 2 is 1.95 bits per heavy atom. The maximum absolute atomic E-state index is 11.5. The zero-order valence-electron chi connectivity index (χ0n) is 10.0. The molecule has 0 unspecified atom stereocenters. The molecule has 0 saturated carbocycles. The highest BCUT2D eigenvalue weighted by Crippen LogP contribution is 2.05. The van der Waals surface area contributed by atoms with E-state index in [0.717, 1.165) is 17.7 Å². The lowest BCUT2D eigenvalue weighted by Crippen LogP contribution is -2.46. The molecule has 0 aromatic carbocycles. The predicted octanol–water partition coefficient (Wildman–Crippen LogP) is 0.0384. The lowest BCUT2D eigenvalue weighted by Gasteiger charge is -2.21. The largest absolute Gasteiger partial charge is 0.461 e. The molecule has 0 aliphatic carbocycles. The standard InChI is InChI=1S/C9H14N4O6/c10-6(14)12-8(16)18-19-9(17)13-5-3-1-2-4-11-7(13)15/h1-5H2,(H,11,15)(H3,10,12,14,16). The van der Waals surface area contributed by atoms with E-state index >= 15 is 0 Å². The molecule has 0 radical (unpaired) electrons. The van der Waals surface area contributed by atoms with Gasteiger partial charge in [-0.25, -0.2) is 39.2 Å². The fraction of sp³-hybridized carbons (Fsp3) is 0.556. The molecule has 1 saturated heterocycles. The van der Waals surface area contributed by atoms with Gasteiger partial charge >= 0.3 is 24.2 Å². The number of carbonyl (C=O) groups excluding carboxylic acids is 4. The van der Waals surface area contributed by atoms with Crippen LogP contribution in [0.25, 0.3) is 0 Å². The quantitative estimate of drug-likeness (QED) is 0.420. The Balaban J connectivity index is 2.44. The second-order valence-electron chi connectivity index (χ2n) is 3.65. The predicted molar refractivity (Wildman–Crippen MR) is 59.6 cm³/mol. The van der Waals surface area contributed by atoms with Crippen molar-refractivity contribution in [1.29, 1.82) is 0 Å². The van der Waals surface area contributed by atoms with Gasteiger partial charge in [0, 0.05) is 13.1 Å². The molecule has 10 heteroatoms. The molecule has 0 bridgehead atoms. The van der Waals surface area contributed by atoms with Crippen LogP contribution in [-0.2, 0) is 9.78 Å². The normalized spacial score (nSPS) is 15.6. The summed E-state index contributed by atoms with van der Waals surface area (Å²) in [6.45, 7) is 0.594. The molecule has 1 fully saturated rings. The highest BCUT2D eigenvalue weighted by molar-refractivity contribution is 5.92. The first-order valence-electron chi connectivity index (χ1n) is 5.55. The van der Waals surface area contributed by atoms with Crippen LogP contribution in [0.15, 0.2) is 0 Å². The van der Waals surface area contributed by atoms with Gasteiger partial charge in [-0.1, -0.05) is 0 Å². The van der Waals surface area contributed by atoms with Crippen LogP contribution in [0.5, 0.6) is 0 Å². The second kappa shape index (κ2) is 7.03. The number of carbonyl (C=O) groups is 4. The highest BCUT2D eigenvalue weighted by atomic mass is 17.2. The Morgan fingerprint density at radius 1 is 1.21 bits per heavy atom. The van der Waals surface area contributed by atoms with Crippen LogP contribution in [0.4, 0.5) is 19.2 Å². The summed E-state index contributed by atoms with van der Waals surface area (Å²) in [5.74, 6) is 0. The van der Waals surface area contributed by atoms with Crippen molar-refractivity contribution >= 4 is 24.2 Å². The van der Waals surface area contributed by atoms with Gasteiger partial charge in [0.05, 0.1) is 0 Å². The second-order valence-corrected chi connectivity index (χ2v) is 3.65. The molecule has 19 heavy (non-hydrogen) atoms. The number of hydrogen-bond acceptors (Lipinski definition) is 6. The van der Waals surface area contributed by atoms with Crippen LogP contribution in [-0.4, -0.2) is 42.2 Å². The molecule has 0 spiro atoms. The molecule has 1 rings (SSSR count). The molecular formula is C9H14N4O6. The Hall–Kier alpha value is -2.52. The van der Waals surface area contributed by atoms with Crippen LogP contribution < -0.4 is 16.4 Å². The Labute approximate surface area is 108 Å². The number of nitrogens with zero attached hydrogens (tertiary/aromatic N) is 1. The zero-order valence-corrected chi connectivity index (χ0v) is 10.0. The smallest absolute Gasteiger partial charge is 0.351 e. The van der Waals surface area contributed by atoms with E-state index < -0.39 is 24.2 Å². The summed E-state index contributed by atoms with van der Waals surface area (Å²) in [4.78, 5) is 52.9. The van der Waals surface area contributed by atoms with Crippen LogP contribution in [0.3, 0.4) is 0 Å². The molecule has 1 aliphatic heterocycles. The Bertz CT molecular complexity index is 385. The minimum atomic E-state index is -1.35. The fourth-order valence-corrected chi connectivity index (χ4v) is 1.38. The maximum Gasteiger partial charge on any atom is 0.461 e. The van der Waals surface area contributed by atoms with Crippen LogP contribution in [0.2, 0.25) is 0 Å². The molecule has 106 valence electrons. The van der Waals surface area contributed by atoms with Crippen molar-refractivity contribution in [3.63, 3.8) is 0 Å². The number of imide groups is 2. The molecule has 1 aliphatic rings. The van der Waals surface area contributed by atoms with Gasteiger partial charge in [-0.3, -0.25) is 0 Å².